The average molecular weight is 514 g/mol. The van der Waals surface area contributed by atoms with Gasteiger partial charge in [-0.1, -0.05) is 23.7 Å². The molecular weight excluding hydrogens is 494 g/mol. The number of rotatable bonds is 9. The maximum Gasteiger partial charge on any atom is 0.329 e. The van der Waals surface area contributed by atoms with E-state index in [-0.39, 0.29) is 36.0 Å². The number of anilines is 1. The zero-order valence-corrected chi connectivity index (χ0v) is 19.5. The Bertz CT molecular complexity index is 1560. The average Bonchev–Trinajstić information content (AvgIpc) is 3.21. The van der Waals surface area contributed by atoms with Gasteiger partial charge in [0.05, 0.1) is 17.7 Å². The van der Waals surface area contributed by atoms with E-state index < -0.39 is 22.3 Å². The Morgan fingerprint density at radius 3 is 2.78 bits per heavy atom. The highest BCUT2D eigenvalue weighted by molar-refractivity contribution is 6.30. The normalized spacial score (nSPS) is 12.2. The number of nitrogens with one attached hydrogen (secondary N) is 2. The van der Waals surface area contributed by atoms with Crippen LogP contribution >= 0.6 is 11.6 Å². The molecule has 1 atom stereocenters. The number of aromatic nitrogens is 4. The van der Waals surface area contributed by atoms with E-state index in [2.05, 4.69) is 20.5 Å². The van der Waals surface area contributed by atoms with E-state index in [9.17, 15) is 24.8 Å². The molecule has 14 heteroatoms. The van der Waals surface area contributed by atoms with Crippen molar-refractivity contribution < 1.29 is 14.8 Å². The van der Waals surface area contributed by atoms with Gasteiger partial charge in [0.1, 0.15) is 18.5 Å². The van der Waals surface area contributed by atoms with Crippen molar-refractivity contribution in [1.82, 2.24) is 19.1 Å². The topological polar surface area (TPSA) is 170 Å². The van der Waals surface area contributed by atoms with Gasteiger partial charge in [-0.15, -0.1) is 0 Å². The van der Waals surface area contributed by atoms with Crippen molar-refractivity contribution in [3.05, 3.63) is 90.1 Å². The summed E-state index contributed by atoms with van der Waals surface area (Å²) in [6.07, 6.45) is 0.260. The minimum Gasteiger partial charge on any atom is -0.491 e. The number of nitro groups is 1. The van der Waals surface area contributed by atoms with Crippen molar-refractivity contribution >= 4 is 40.6 Å². The molecule has 0 aliphatic heterocycles. The van der Waals surface area contributed by atoms with Crippen LogP contribution in [0.5, 0.6) is 5.75 Å². The van der Waals surface area contributed by atoms with Gasteiger partial charge in [-0.25, -0.2) is 10.2 Å². The highest BCUT2D eigenvalue weighted by atomic mass is 35.5. The Morgan fingerprint density at radius 2 is 2.06 bits per heavy atom. The third kappa shape index (κ3) is 5.42. The number of aromatic amines is 1. The number of imidazole rings is 1. The van der Waals surface area contributed by atoms with Crippen LogP contribution in [0.15, 0.2) is 63.2 Å². The molecule has 0 saturated heterocycles. The third-order valence-corrected chi connectivity index (χ3v) is 5.37. The molecule has 0 aliphatic carbocycles. The summed E-state index contributed by atoms with van der Waals surface area (Å²) in [6.45, 7) is -0.235. The number of non-ortho nitro benzene ring substituents is 1. The van der Waals surface area contributed by atoms with Gasteiger partial charge < -0.3 is 14.4 Å². The highest BCUT2D eigenvalue weighted by Gasteiger charge is 2.20. The Morgan fingerprint density at radius 1 is 1.31 bits per heavy atom. The van der Waals surface area contributed by atoms with Crippen LogP contribution in [-0.4, -0.2) is 48.1 Å². The Labute approximate surface area is 207 Å². The number of halogens is 1. The first kappa shape index (κ1) is 24.6. The van der Waals surface area contributed by atoms with E-state index in [4.69, 9.17) is 16.3 Å². The molecule has 0 saturated carbocycles. The minimum atomic E-state index is -1.07. The van der Waals surface area contributed by atoms with Crippen molar-refractivity contribution in [2.45, 2.75) is 12.6 Å². The van der Waals surface area contributed by atoms with E-state index in [1.165, 1.54) is 36.0 Å². The quantitative estimate of drug-likeness (QED) is 0.173. The van der Waals surface area contributed by atoms with Gasteiger partial charge in [0.25, 0.3) is 11.2 Å². The maximum absolute atomic E-state index is 12.6. The first-order valence-electron chi connectivity index (χ1n) is 10.5. The van der Waals surface area contributed by atoms with Gasteiger partial charge in [-0.05, 0) is 24.3 Å². The standard InChI is InChI=1S/C22H20ClN7O6/c1-28-19-18(20(32)26-22(28)33)29(11-16(31)12-36-17-7-5-14(23)6-8-17)21(25-19)27-24-10-13-3-2-4-15(9-13)30(34)35/h2-10,16,31H,11-12H2,1H3,(H,25,27)(H,26,32,33)/t16-/m0/s1. The van der Waals surface area contributed by atoms with Crippen LogP contribution in [0.2, 0.25) is 5.02 Å². The molecule has 2 aromatic heterocycles. The monoisotopic (exact) mass is 513 g/mol. The smallest absolute Gasteiger partial charge is 0.329 e. The summed E-state index contributed by atoms with van der Waals surface area (Å²) in [5.41, 5.74) is 1.78. The van der Waals surface area contributed by atoms with Gasteiger partial charge >= 0.3 is 5.69 Å². The summed E-state index contributed by atoms with van der Waals surface area (Å²) in [6, 6.07) is 12.4. The summed E-state index contributed by atoms with van der Waals surface area (Å²) in [5.74, 6) is 0.554. The molecule has 0 spiro atoms. The molecule has 2 aromatic carbocycles. The number of nitro benzene ring substituents is 1. The largest absolute Gasteiger partial charge is 0.491 e. The maximum atomic E-state index is 12.6. The van der Waals surface area contributed by atoms with Crippen LogP contribution in [0.1, 0.15) is 5.56 Å². The van der Waals surface area contributed by atoms with Gasteiger partial charge in [0.2, 0.25) is 5.95 Å². The molecule has 4 aromatic rings. The molecule has 0 radical (unpaired) electrons. The number of H-pyrrole nitrogens is 1. The lowest BCUT2D eigenvalue weighted by molar-refractivity contribution is -0.384. The van der Waals surface area contributed by atoms with Crippen LogP contribution in [0, 0.1) is 10.1 Å². The van der Waals surface area contributed by atoms with E-state index in [0.29, 0.717) is 16.3 Å². The molecular formula is C22H20ClN7O6. The van der Waals surface area contributed by atoms with Crippen LogP contribution in [0.4, 0.5) is 11.6 Å². The predicted molar refractivity (Wildman–Crippen MR) is 133 cm³/mol. The lowest BCUT2D eigenvalue weighted by Gasteiger charge is -2.15. The van der Waals surface area contributed by atoms with Crippen molar-refractivity contribution in [1.29, 1.82) is 0 Å². The summed E-state index contributed by atoms with van der Waals surface area (Å²) >= 11 is 5.86. The summed E-state index contributed by atoms with van der Waals surface area (Å²) in [5, 5.41) is 26.2. The number of hydrogen-bond acceptors (Lipinski definition) is 9. The van der Waals surface area contributed by atoms with Gasteiger partial charge in [0.15, 0.2) is 11.2 Å². The van der Waals surface area contributed by atoms with Crippen LogP contribution in [0.3, 0.4) is 0 Å². The fourth-order valence-electron chi connectivity index (χ4n) is 3.37. The number of benzene rings is 2. The van der Waals surface area contributed by atoms with Crippen molar-refractivity contribution in [2.75, 3.05) is 12.0 Å². The Hall–Kier alpha value is -4.49. The second-order valence-electron chi connectivity index (χ2n) is 7.68. The number of hydrogen-bond donors (Lipinski definition) is 3. The lowest BCUT2D eigenvalue weighted by Crippen LogP contribution is -2.30. The second kappa shape index (κ2) is 10.4. The number of ether oxygens (including phenoxy) is 1. The number of hydrazone groups is 1. The minimum absolute atomic E-state index is 0.0377. The summed E-state index contributed by atoms with van der Waals surface area (Å²) in [4.78, 5) is 41.6. The summed E-state index contributed by atoms with van der Waals surface area (Å²) < 4.78 is 8.10. The molecule has 186 valence electrons. The molecule has 0 bridgehead atoms. The second-order valence-corrected chi connectivity index (χ2v) is 8.11. The molecule has 36 heavy (non-hydrogen) atoms. The zero-order valence-electron chi connectivity index (χ0n) is 18.8. The number of aliphatic hydroxyl groups is 1. The Balaban J connectivity index is 1.61. The molecule has 4 rings (SSSR count). The van der Waals surface area contributed by atoms with E-state index in [1.807, 2.05) is 0 Å². The molecule has 2 heterocycles. The molecule has 0 amide bonds. The van der Waals surface area contributed by atoms with Crippen LogP contribution in [0.25, 0.3) is 11.2 Å². The van der Waals surface area contributed by atoms with Crippen molar-refractivity contribution in [2.24, 2.45) is 12.1 Å². The van der Waals surface area contributed by atoms with E-state index in [0.717, 1.165) is 4.57 Å². The van der Waals surface area contributed by atoms with Gasteiger partial charge in [0, 0.05) is 29.8 Å². The van der Waals surface area contributed by atoms with Crippen molar-refractivity contribution in [3.63, 3.8) is 0 Å². The van der Waals surface area contributed by atoms with Gasteiger partial charge in [-0.2, -0.15) is 10.1 Å². The Kier molecular flexibility index (Phi) is 7.12. The van der Waals surface area contributed by atoms with Crippen LogP contribution < -0.4 is 21.4 Å². The first-order chi connectivity index (χ1) is 17.2. The SMILES string of the molecule is Cn1c(=O)[nH]c(=O)c2c1nc(NN=Cc1cccc([N+](=O)[O-])c1)n2C[C@H](O)COc1ccc(Cl)cc1. The van der Waals surface area contributed by atoms with E-state index in [1.54, 1.807) is 30.3 Å². The number of aryl methyl sites for hydroxylation is 1. The molecule has 3 N–H and O–H groups in total. The number of aliphatic hydroxyl groups excluding tert-OH is 1. The molecule has 13 nitrogen and oxygen atoms in total. The van der Waals surface area contributed by atoms with Gasteiger partial charge in [-0.3, -0.25) is 24.5 Å². The van der Waals surface area contributed by atoms with Crippen molar-refractivity contribution in [3.8, 4) is 5.75 Å². The lowest BCUT2D eigenvalue weighted by atomic mass is 10.2. The van der Waals surface area contributed by atoms with Crippen LogP contribution in [-0.2, 0) is 13.6 Å². The highest BCUT2D eigenvalue weighted by Crippen LogP contribution is 2.18. The number of nitrogens with zero attached hydrogens (tertiary/aromatic N) is 5. The predicted octanol–water partition coefficient (Wildman–Crippen LogP) is 1.87. The third-order valence-electron chi connectivity index (χ3n) is 5.12. The zero-order chi connectivity index (χ0) is 25.8. The molecule has 0 aliphatic rings. The first-order valence-corrected chi connectivity index (χ1v) is 10.9. The fourth-order valence-corrected chi connectivity index (χ4v) is 3.49. The fraction of sp³-hybridized carbons (Fsp3) is 0.182. The molecule has 0 fully saturated rings. The molecule has 0 unspecified atom stereocenters. The number of fused-ring (bicyclic) bond motifs is 1. The summed E-state index contributed by atoms with van der Waals surface area (Å²) in [7, 11) is 1.44. The van der Waals surface area contributed by atoms with E-state index >= 15 is 0 Å².